The number of amides is 1. The molecule has 0 radical (unpaired) electrons. The highest BCUT2D eigenvalue weighted by Crippen LogP contribution is 2.20. The lowest BCUT2D eigenvalue weighted by Crippen LogP contribution is -2.24. The Kier molecular flexibility index (Phi) is 5.37. The molecule has 0 saturated heterocycles. The Labute approximate surface area is 109 Å². The van der Waals surface area contributed by atoms with Gasteiger partial charge >= 0.3 is 0 Å². The number of terminal acetylenes is 1. The van der Waals surface area contributed by atoms with Crippen LogP contribution in [0.3, 0.4) is 0 Å². The van der Waals surface area contributed by atoms with Crippen LogP contribution in [0.25, 0.3) is 0 Å². The summed E-state index contributed by atoms with van der Waals surface area (Å²) in [6.45, 7) is 0.561. The van der Waals surface area contributed by atoms with Gasteiger partial charge in [-0.15, -0.1) is 12.3 Å². The van der Waals surface area contributed by atoms with E-state index in [1.165, 1.54) is 0 Å². The molecule has 0 unspecified atom stereocenters. The Morgan fingerprint density at radius 3 is 3.00 bits per heavy atom. The van der Waals surface area contributed by atoms with Crippen molar-refractivity contribution >= 4 is 33.4 Å². The van der Waals surface area contributed by atoms with Crippen molar-refractivity contribution in [3.63, 3.8) is 0 Å². The second-order valence-electron chi connectivity index (χ2n) is 3.19. The first-order valence-electron chi connectivity index (χ1n) is 4.82. The highest BCUT2D eigenvalue weighted by molar-refractivity contribution is 9.10. The van der Waals surface area contributed by atoms with Gasteiger partial charge in [-0.3, -0.25) is 4.79 Å². The number of nitrogens with one attached hydrogen (secondary N) is 1. The summed E-state index contributed by atoms with van der Waals surface area (Å²) in [5, 5.41) is 3.20. The van der Waals surface area contributed by atoms with Crippen molar-refractivity contribution in [2.75, 3.05) is 6.54 Å². The number of hydrogen-bond donors (Lipinski definition) is 1. The number of carbonyl (C=O) groups is 1. The average Bonchev–Trinajstić information content (AvgIpc) is 2.27. The van der Waals surface area contributed by atoms with Gasteiger partial charge in [0, 0.05) is 17.4 Å². The number of halogens is 2. The second kappa shape index (κ2) is 6.57. The third kappa shape index (κ3) is 3.88. The maximum absolute atomic E-state index is 11.7. The number of unbranched alkanes of at least 4 members (excludes halogenated alkanes) is 1. The minimum atomic E-state index is -0.177. The molecule has 0 fully saturated rings. The number of benzene rings is 1. The van der Waals surface area contributed by atoms with Crippen LogP contribution in [0, 0.1) is 12.3 Å². The van der Waals surface area contributed by atoms with E-state index < -0.39 is 0 Å². The van der Waals surface area contributed by atoms with Crippen LogP contribution in [0.2, 0.25) is 5.02 Å². The largest absolute Gasteiger partial charge is 0.352 e. The monoisotopic (exact) mass is 299 g/mol. The van der Waals surface area contributed by atoms with Crippen LogP contribution in [0.15, 0.2) is 22.7 Å². The van der Waals surface area contributed by atoms with Crippen molar-refractivity contribution in [1.82, 2.24) is 5.32 Å². The fraction of sp³-hybridized carbons (Fsp3) is 0.250. The minimum absolute atomic E-state index is 0.177. The lowest BCUT2D eigenvalue weighted by Gasteiger charge is -2.06. The second-order valence-corrected chi connectivity index (χ2v) is 4.51. The molecule has 0 aliphatic rings. The van der Waals surface area contributed by atoms with Gasteiger partial charge in [0.05, 0.1) is 10.6 Å². The van der Waals surface area contributed by atoms with E-state index in [0.29, 0.717) is 23.6 Å². The van der Waals surface area contributed by atoms with Gasteiger partial charge in [0.15, 0.2) is 0 Å². The summed E-state index contributed by atoms with van der Waals surface area (Å²) in [6, 6.07) is 5.16. The topological polar surface area (TPSA) is 29.1 Å². The molecule has 84 valence electrons. The van der Waals surface area contributed by atoms with E-state index in [1.54, 1.807) is 18.2 Å². The van der Waals surface area contributed by atoms with Crippen LogP contribution < -0.4 is 5.32 Å². The van der Waals surface area contributed by atoms with E-state index in [1.807, 2.05) is 0 Å². The highest BCUT2D eigenvalue weighted by atomic mass is 79.9. The molecule has 0 saturated carbocycles. The first-order valence-corrected chi connectivity index (χ1v) is 5.99. The lowest BCUT2D eigenvalue weighted by atomic mass is 10.2. The molecular formula is C12H11BrClNO. The third-order valence-corrected chi connectivity index (χ3v) is 2.78. The van der Waals surface area contributed by atoms with Crippen molar-refractivity contribution in [1.29, 1.82) is 0 Å². The summed E-state index contributed by atoms with van der Waals surface area (Å²) in [6.07, 6.45) is 6.54. The molecule has 1 aromatic rings. The van der Waals surface area contributed by atoms with Crippen molar-refractivity contribution in [3.8, 4) is 12.3 Å². The third-order valence-electron chi connectivity index (χ3n) is 1.96. The molecule has 1 rings (SSSR count). The predicted molar refractivity (Wildman–Crippen MR) is 69.6 cm³/mol. The van der Waals surface area contributed by atoms with E-state index in [4.69, 9.17) is 18.0 Å². The van der Waals surface area contributed by atoms with Gasteiger partial charge in [0.25, 0.3) is 5.91 Å². The van der Waals surface area contributed by atoms with Gasteiger partial charge < -0.3 is 5.32 Å². The molecule has 0 bridgehead atoms. The van der Waals surface area contributed by atoms with Gasteiger partial charge in [-0.05, 0) is 24.6 Å². The Balaban J connectivity index is 2.59. The maximum Gasteiger partial charge on any atom is 0.252 e. The van der Waals surface area contributed by atoms with Crippen molar-refractivity contribution in [2.45, 2.75) is 12.8 Å². The van der Waals surface area contributed by atoms with E-state index in [2.05, 4.69) is 27.2 Å². The predicted octanol–water partition coefficient (Wildman–Crippen LogP) is 3.25. The Bertz CT molecular complexity index is 426. The molecule has 0 heterocycles. The molecule has 1 amide bonds. The van der Waals surface area contributed by atoms with Gasteiger partial charge in [-0.25, -0.2) is 0 Å². The standard InChI is InChI=1S/C12H11BrClNO/c1-2-3-4-7-15-12(16)10-8-9(13)5-6-11(10)14/h1,5-6,8H,3-4,7H2,(H,15,16). The molecule has 0 spiro atoms. The molecule has 16 heavy (non-hydrogen) atoms. The molecule has 1 aromatic carbocycles. The highest BCUT2D eigenvalue weighted by Gasteiger charge is 2.09. The maximum atomic E-state index is 11.7. The van der Waals surface area contributed by atoms with Crippen LogP contribution in [-0.2, 0) is 0 Å². The fourth-order valence-electron chi connectivity index (χ4n) is 1.16. The number of carbonyl (C=O) groups excluding carboxylic acids is 1. The average molecular weight is 301 g/mol. The molecule has 4 heteroatoms. The van der Waals surface area contributed by atoms with Crippen LogP contribution >= 0.6 is 27.5 Å². The summed E-state index contributed by atoms with van der Waals surface area (Å²) in [5.41, 5.74) is 0.469. The molecule has 0 aromatic heterocycles. The molecule has 0 aliphatic carbocycles. The van der Waals surface area contributed by atoms with Crippen LogP contribution in [0.5, 0.6) is 0 Å². The van der Waals surface area contributed by atoms with Gasteiger partial charge in [-0.2, -0.15) is 0 Å². The first kappa shape index (κ1) is 13.1. The SMILES string of the molecule is C#CCCCNC(=O)c1cc(Br)ccc1Cl. The van der Waals surface area contributed by atoms with E-state index in [0.717, 1.165) is 10.9 Å². The van der Waals surface area contributed by atoms with Crippen molar-refractivity contribution in [3.05, 3.63) is 33.3 Å². The zero-order chi connectivity index (χ0) is 12.0. The fourth-order valence-corrected chi connectivity index (χ4v) is 1.72. The first-order chi connectivity index (χ1) is 7.65. The Hall–Kier alpha value is -0.980. The summed E-state index contributed by atoms with van der Waals surface area (Å²) in [5.74, 6) is 2.34. The zero-order valence-electron chi connectivity index (χ0n) is 8.59. The van der Waals surface area contributed by atoms with Gasteiger partial charge in [0.2, 0.25) is 0 Å². The summed E-state index contributed by atoms with van der Waals surface area (Å²) < 4.78 is 0.825. The van der Waals surface area contributed by atoms with Crippen LogP contribution in [0.1, 0.15) is 23.2 Å². The zero-order valence-corrected chi connectivity index (χ0v) is 10.9. The lowest BCUT2D eigenvalue weighted by molar-refractivity contribution is 0.0953. The van der Waals surface area contributed by atoms with Crippen LogP contribution in [-0.4, -0.2) is 12.5 Å². The molecular weight excluding hydrogens is 289 g/mol. The Morgan fingerprint density at radius 2 is 2.31 bits per heavy atom. The number of hydrogen-bond acceptors (Lipinski definition) is 1. The summed E-state index contributed by atoms with van der Waals surface area (Å²) in [7, 11) is 0. The van der Waals surface area contributed by atoms with Gasteiger partial charge in [-0.1, -0.05) is 27.5 Å². The molecule has 0 atom stereocenters. The summed E-state index contributed by atoms with van der Waals surface area (Å²) in [4.78, 5) is 11.7. The normalized spacial score (nSPS) is 9.56. The number of rotatable bonds is 4. The quantitative estimate of drug-likeness (QED) is 0.671. The van der Waals surface area contributed by atoms with Gasteiger partial charge in [0.1, 0.15) is 0 Å². The van der Waals surface area contributed by atoms with E-state index in [9.17, 15) is 4.79 Å². The summed E-state index contributed by atoms with van der Waals surface area (Å²) >= 11 is 9.21. The van der Waals surface area contributed by atoms with Crippen molar-refractivity contribution < 1.29 is 4.79 Å². The molecule has 1 N–H and O–H groups in total. The smallest absolute Gasteiger partial charge is 0.252 e. The Morgan fingerprint density at radius 1 is 1.56 bits per heavy atom. The van der Waals surface area contributed by atoms with E-state index >= 15 is 0 Å². The van der Waals surface area contributed by atoms with E-state index in [-0.39, 0.29) is 5.91 Å². The molecule has 0 aliphatic heterocycles. The molecule has 2 nitrogen and oxygen atoms in total. The minimum Gasteiger partial charge on any atom is -0.352 e. The van der Waals surface area contributed by atoms with Crippen molar-refractivity contribution in [2.24, 2.45) is 0 Å². The van der Waals surface area contributed by atoms with Crippen LogP contribution in [0.4, 0.5) is 0 Å².